The van der Waals surface area contributed by atoms with Gasteiger partial charge in [0.05, 0.1) is 7.11 Å². The molecule has 2 aliphatic heterocycles. The van der Waals surface area contributed by atoms with Crippen LogP contribution in [0.4, 0.5) is 10.5 Å². The van der Waals surface area contributed by atoms with E-state index in [4.69, 9.17) is 4.74 Å². The molecule has 2 saturated heterocycles. The number of anilines is 1. The first-order valence-corrected chi connectivity index (χ1v) is 11.3. The quantitative estimate of drug-likeness (QED) is 0.776. The first kappa shape index (κ1) is 21.5. The normalized spacial score (nSPS) is 19.5. The van der Waals surface area contributed by atoms with Gasteiger partial charge in [-0.3, -0.25) is 4.90 Å². The van der Waals surface area contributed by atoms with Crippen molar-refractivity contribution in [2.24, 2.45) is 5.92 Å². The molecule has 2 aromatic rings. The fraction of sp³-hybridized carbons (Fsp3) is 0.480. The predicted octanol–water partition coefficient (Wildman–Crippen LogP) is 3.36. The number of benzene rings is 2. The van der Waals surface area contributed by atoms with Gasteiger partial charge in [-0.1, -0.05) is 35.9 Å². The van der Waals surface area contributed by atoms with E-state index in [1.807, 2.05) is 17.0 Å². The molecule has 2 heterocycles. The summed E-state index contributed by atoms with van der Waals surface area (Å²) in [6, 6.07) is 17.0. The van der Waals surface area contributed by atoms with Gasteiger partial charge in [0.2, 0.25) is 0 Å². The van der Waals surface area contributed by atoms with Gasteiger partial charge in [-0.15, -0.1) is 0 Å². The summed E-state index contributed by atoms with van der Waals surface area (Å²) in [5.41, 5.74) is 3.84. The van der Waals surface area contributed by atoms with Gasteiger partial charge in [-0.05, 0) is 37.0 Å². The summed E-state index contributed by atoms with van der Waals surface area (Å²) in [5.74, 6) is 1.37. The highest BCUT2D eigenvalue weighted by atomic mass is 16.5. The Morgan fingerprint density at radius 3 is 2.65 bits per heavy atom. The largest absolute Gasteiger partial charge is 0.497 e. The van der Waals surface area contributed by atoms with Crippen molar-refractivity contribution in [3.05, 3.63) is 59.7 Å². The molecule has 0 spiro atoms. The minimum Gasteiger partial charge on any atom is -0.497 e. The van der Waals surface area contributed by atoms with Crippen LogP contribution in [0.25, 0.3) is 0 Å². The van der Waals surface area contributed by atoms with Crippen molar-refractivity contribution in [3.63, 3.8) is 0 Å². The molecule has 2 amide bonds. The second-order valence-electron chi connectivity index (χ2n) is 8.74. The van der Waals surface area contributed by atoms with Crippen molar-refractivity contribution < 1.29 is 9.53 Å². The minimum absolute atomic E-state index is 0.0787. The SMILES string of the molecule is COc1cccc(N2CCC(CNC(=O)N3CCN(Cc4cccc(C)c4)CC3)C2)c1. The van der Waals surface area contributed by atoms with Crippen LogP contribution in [0.5, 0.6) is 5.75 Å². The summed E-state index contributed by atoms with van der Waals surface area (Å²) in [5, 5.41) is 3.18. The van der Waals surface area contributed by atoms with Crippen LogP contribution in [-0.4, -0.2) is 68.8 Å². The van der Waals surface area contributed by atoms with E-state index in [1.54, 1.807) is 7.11 Å². The Morgan fingerprint density at radius 1 is 1.06 bits per heavy atom. The molecular weight excluding hydrogens is 388 g/mol. The second kappa shape index (κ2) is 10.1. The molecule has 0 aromatic heterocycles. The van der Waals surface area contributed by atoms with Crippen LogP contribution < -0.4 is 15.0 Å². The number of hydrogen-bond donors (Lipinski definition) is 1. The summed E-state index contributed by atoms with van der Waals surface area (Å²) < 4.78 is 5.34. The van der Waals surface area contributed by atoms with Gasteiger partial charge in [0, 0.05) is 64.1 Å². The second-order valence-corrected chi connectivity index (χ2v) is 8.74. The Morgan fingerprint density at radius 2 is 1.87 bits per heavy atom. The van der Waals surface area contributed by atoms with Crippen molar-refractivity contribution in [1.82, 2.24) is 15.1 Å². The number of methoxy groups -OCH3 is 1. The van der Waals surface area contributed by atoms with E-state index in [-0.39, 0.29) is 6.03 Å². The molecule has 1 unspecified atom stereocenters. The lowest BCUT2D eigenvalue weighted by atomic mass is 10.1. The topological polar surface area (TPSA) is 48.1 Å². The molecule has 2 aromatic carbocycles. The number of hydrogen-bond acceptors (Lipinski definition) is 4. The first-order chi connectivity index (χ1) is 15.1. The summed E-state index contributed by atoms with van der Waals surface area (Å²) >= 11 is 0. The van der Waals surface area contributed by atoms with Crippen molar-refractivity contribution in [1.29, 1.82) is 0 Å². The van der Waals surface area contributed by atoms with Crippen molar-refractivity contribution in [3.8, 4) is 5.75 Å². The Hall–Kier alpha value is -2.73. The van der Waals surface area contributed by atoms with Crippen molar-refractivity contribution >= 4 is 11.7 Å². The number of ether oxygens (including phenoxy) is 1. The number of rotatable bonds is 6. The van der Waals surface area contributed by atoms with Crippen molar-refractivity contribution in [2.75, 3.05) is 57.8 Å². The fourth-order valence-electron chi connectivity index (χ4n) is 4.56. The van der Waals surface area contributed by atoms with Crippen LogP contribution in [0, 0.1) is 12.8 Å². The maximum absolute atomic E-state index is 12.7. The van der Waals surface area contributed by atoms with Crippen LogP contribution in [0.3, 0.4) is 0 Å². The molecule has 166 valence electrons. The van der Waals surface area contributed by atoms with Gasteiger partial charge < -0.3 is 19.9 Å². The van der Waals surface area contributed by atoms with Crippen molar-refractivity contribution in [2.45, 2.75) is 19.9 Å². The van der Waals surface area contributed by atoms with Gasteiger partial charge in [0.15, 0.2) is 0 Å². The standard InChI is InChI=1S/C25H34N4O2/c1-20-5-3-6-21(15-20)18-27-11-13-28(14-12-27)25(30)26-17-22-9-10-29(19-22)23-7-4-8-24(16-23)31-2/h3-8,15-16,22H,9-14,17-19H2,1-2H3,(H,26,30). The summed E-state index contributed by atoms with van der Waals surface area (Å²) in [4.78, 5) is 19.4. The van der Waals surface area contributed by atoms with Crippen LogP contribution >= 0.6 is 0 Å². The van der Waals surface area contributed by atoms with E-state index < -0.39 is 0 Å². The lowest BCUT2D eigenvalue weighted by Crippen LogP contribution is -2.52. The Bertz CT molecular complexity index is 879. The maximum Gasteiger partial charge on any atom is 0.317 e. The van der Waals surface area contributed by atoms with E-state index >= 15 is 0 Å². The minimum atomic E-state index is 0.0787. The van der Waals surface area contributed by atoms with Gasteiger partial charge in [-0.25, -0.2) is 4.79 Å². The highest BCUT2D eigenvalue weighted by Crippen LogP contribution is 2.26. The van der Waals surface area contributed by atoms with E-state index in [9.17, 15) is 4.79 Å². The summed E-state index contributed by atoms with van der Waals surface area (Å²) in [7, 11) is 1.70. The van der Waals surface area contributed by atoms with Gasteiger partial charge in [0.1, 0.15) is 5.75 Å². The molecule has 31 heavy (non-hydrogen) atoms. The fourth-order valence-corrected chi connectivity index (χ4v) is 4.56. The van der Waals surface area contributed by atoms with E-state index in [2.05, 4.69) is 58.4 Å². The number of amides is 2. The lowest BCUT2D eigenvalue weighted by molar-refractivity contribution is 0.134. The molecule has 1 atom stereocenters. The smallest absolute Gasteiger partial charge is 0.317 e. The van der Waals surface area contributed by atoms with E-state index in [0.29, 0.717) is 5.92 Å². The number of aryl methyl sites for hydroxylation is 1. The maximum atomic E-state index is 12.7. The van der Waals surface area contributed by atoms with Crippen LogP contribution in [0.15, 0.2) is 48.5 Å². The third kappa shape index (κ3) is 5.70. The molecule has 0 aliphatic carbocycles. The third-order valence-electron chi connectivity index (χ3n) is 6.39. The molecule has 6 nitrogen and oxygen atoms in total. The van der Waals surface area contributed by atoms with E-state index in [0.717, 1.165) is 64.5 Å². The molecule has 2 aliphatic rings. The van der Waals surface area contributed by atoms with Crippen LogP contribution in [0.1, 0.15) is 17.5 Å². The lowest BCUT2D eigenvalue weighted by Gasteiger charge is -2.35. The zero-order valence-corrected chi connectivity index (χ0v) is 18.7. The van der Waals surface area contributed by atoms with Gasteiger partial charge in [0.25, 0.3) is 0 Å². The van der Waals surface area contributed by atoms with Gasteiger partial charge in [-0.2, -0.15) is 0 Å². The molecule has 2 fully saturated rings. The number of nitrogens with zero attached hydrogens (tertiary/aromatic N) is 3. The van der Waals surface area contributed by atoms with Crippen LogP contribution in [-0.2, 0) is 6.54 Å². The zero-order chi connectivity index (χ0) is 21.6. The molecule has 4 rings (SSSR count). The Labute approximate surface area is 185 Å². The van der Waals surface area contributed by atoms with Crippen LogP contribution in [0.2, 0.25) is 0 Å². The van der Waals surface area contributed by atoms with Gasteiger partial charge >= 0.3 is 6.03 Å². The number of carbonyl (C=O) groups excluding carboxylic acids is 1. The van der Waals surface area contributed by atoms with E-state index in [1.165, 1.54) is 16.8 Å². The Balaban J connectivity index is 1.18. The molecule has 1 N–H and O–H groups in total. The average Bonchev–Trinajstić information content (AvgIpc) is 3.27. The molecule has 6 heteroatoms. The highest BCUT2D eigenvalue weighted by molar-refractivity contribution is 5.74. The molecule has 0 saturated carbocycles. The molecular formula is C25H34N4O2. The number of nitrogens with one attached hydrogen (secondary N) is 1. The predicted molar refractivity (Wildman–Crippen MR) is 125 cm³/mol. The highest BCUT2D eigenvalue weighted by Gasteiger charge is 2.25. The number of carbonyl (C=O) groups is 1. The Kier molecular flexibility index (Phi) is 6.97. The first-order valence-electron chi connectivity index (χ1n) is 11.3. The average molecular weight is 423 g/mol. The number of piperazine rings is 1. The summed E-state index contributed by atoms with van der Waals surface area (Å²) in [6.45, 7) is 9.25. The zero-order valence-electron chi connectivity index (χ0n) is 18.7. The monoisotopic (exact) mass is 422 g/mol. The molecule has 0 bridgehead atoms. The number of urea groups is 1. The summed E-state index contributed by atoms with van der Waals surface area (Å²) in [6.07, 6.45) is 1.10. The molecule has 0 radical (unpaired) electrons. The third-order valence-corrected chi connectivity index (χ3v) is 6.39.